The molecule has 104 valence electrons. The van der Waals surface area contributed by atoms with E-state index in [1.165, 1.54) is 12.1 Å². The predicted molar refractivity (Wildman–Crippen MR) is 70.8 cm³/mol. The first-order chi connectivity index (χ1) is 9.20. The molecule has 19 heavy (non-hydrogen) atoms. The third-order valence-corrected chi connectivity index (χ3v) is 3.87. The first-order valence-corrected chi connectivity index (χ1v) is 6.88. The van der Waals surface area contributed by atoms with Crippen molar-refractivity contribution in [3.05, 3.63) is 47.5 Å². The van der Waals surface area contributed by atoms with Gasteiger partial charge in [-0.1, -0.05) is 18.2 Å². The van der Waals surface area contributed by atoms with Gasteiger partial charge in [-0.2, -0.15) is 0 Å². The van der Waals surface area contributed by atoms with Crippen LogP contribution in [-0.4, -0.2) is 6.67 Å². The third kappa shape index (κ3) is 3.85. The van der Waals surface area contributed by atoms with E-state index in [1.54, 1.807) is 6.07 Å². The highest BCUT2D eigenvalue weighted by Gasteiger charge is 2.21. The van der Waals surface area contributed by atoms with E-state index in [4.69, 9.17) is 0 Å². The topological polar surface area (TPSA) is 0 Å². The minimum atomic E-state index is -0.786. The van der Waals surface area contributed by atoms with Crippen molar-refractivity contribution < 1.29 is 13.2 Å². The second-order valence-electron chi connectivity index (χ2n) is 5.19. The molecular weight excluding hydrogens is 249 g/mol. The van der Waals surface area contributed by atoms with Gasteiger partial charge in [0.2, 0.25) is 0 Å². The molecule has 3 heteroatoms. The molecule has 2 rings (SSSR count). The van der Waals surface area contributed by atoms with E-state index >= 15 is 0 Å². The number of rotatable bonds is 4. The standard InChI is InChI=1S/C16H19F3/c17-10-2-1-3-12-4-6-13(7-5-12)14-8-9-15(18)16(19)11-14/h1,3,8-9,11-13H,2,4-7,10H2/b3-1+. The van der Waals surface area contributed by atoms with E-state index < -0.39 is 11.6 Å². The van der Waals surface area contributed by atoms with E-state index in [2.05, 4.69) is 6.08 Å². The summed E-state index contributed by atoms with van der Waals surface area (Å²) in [5, 5.41) is 0. The van der Waals surface area contributed by atoms with Gasteiger partial charge in [0, 0.05) is 0 Å². The van der Waals surface area contributed by atoms with Crippen LogP contribution >= 0.6 is 0 Å². The van der Waals surface area contributed by atoms with Crippen molar-refractivity contribution in [3.63, 3.8) is 0 Å². The van der Waals surface area contributed by atoms with Crippen molar-refractivity contribution in [2.45, 2.75) is 38.0 Å². The summed E-state index contributed by atoms with van der Waals surface area (Å²) in [6, 6.07) is 4.21. The summed E-state index contributed by atoms with van der Waals surface area (Å²) in [5.74, 6) is -0.719. The Balaban J connectivity index is 1.90. The zero-order chi connectivity index (χ0) is 13.7. The first-order valence-electron chi connectivity index (χ1n) is 6.88. The molecule has 1 saturated carbocycles. The lowest BCUT2D eigenvalue weighted by atomic mass is 9.78. The molecule has 0 radical (unpaired) electrons. The smallest absolute Gasteiger partial charge is 0.159 e. The number of halogens is 3. The van der Waals surface area contributed by atoms with Gasteiger partial charge in [-0.25, -0.2) is 8.78 Å². The molecule has 0 N–H and O–H groups in total. The highest BCUT2D eigenvalue weighted by atomic mass is 19.2. The Morgan fingerprint density at radius 1 is 1.05 bits per heavy atom. The molecule has 0 heterocycles. The summed E-state index contributed by atoms with van der Waals surface area (Å²) in [7, 11) is 0. The lowest BCUT2D eigenvalue weighted by Crippen LogP contribution is -2.12. The molecule has 0 aliphatic heterocycles. The fraction of sp³-hybridized carbons (Fsp3) is 0.500. The van der Waals surface area contributed by atoms with Gasteiger partial charge in [0.25, 0.3) is 0 Å². The average molecular weight is 268 g/mol. The lowest BCUT2D eigenvalue weighted by Gasteiger charge is -2.27. The average Bonchev–Trinajstić information content (AvgIpc) is 2.43. The quantitative estimate of drug-likeness (QED) is 0.662. The molecule has 0 unspecified atom stereocenters. The Morgan fingerprint density at radius 3 is 2.42 bits per heavy atom. The highest BCUT2D eigenvalue weighted by Crippen LogP contribution is 2.36. The van der Waals surface area contributed by atoms with E-state index in [0.29, 0.717) is 18.3 Å². The lowest BCUT2D eigenvalue weighted by molar-refractivity contribution is 0.373. The molecule has 0 aromatic heterocycles. The number of hydrogen-bond donors (Lipinski definition) is 0. The van der Waals surface area contributed by atoms with Crippen LogP contribution in [0.1, 0.15) is 43.6 Å². The number of benzene rings is 1. The van der Waals surface area contributed by atoms with Crippen LogP contribution in [0.25, 0.3) is 0 Å². The molecular formula is C16H19F3. The normalized spacial score (nSPS) is 23.9. The fourth-order valence-corrected chi connectivity index (χ4v) is 2.76. The van der Waals surface area contributed by atoms with E-state index in [1.807, 2.05) is 6.08 Å². The van der Waals surface area contributed by atoms with Gasteiger partial charge in [-0.05, 0) is 61.6 Å². The van der Waals surface area contributed by atoms with Crippen molar-refractivity contribution >= 4 is 0 Å². The van der Waals surface area contributed by atoms with Crippen molar-refractivity contribution in [3.8, 4) is 0 Å². The summed E-state index contributed by atoms with van der Waals surface area (Å²) in [6.45, 7) is -0.305. The van der Waals surface area contributed by atoms with Gasteiger partial charge < -0.3 is 0 Å². The Hall–Kier alpha value is -1.25. The van der Waals surface area contributed by atoms with Crippen LogP contribution in [0.2, 0.25) is 0 Å². The minimum absolute atomic E-state index is 0.305. The van der Waals surface area contributed by atoms with Gasteiger partial charge in [0.1, 0.15) is 0 Å². The molecule has 0 saturated heterocycles. The molecule has 0 bridgehead atoms. The van der Waals surface area contributed by atoms with Crippen molar-refractivity contribution in [1.82, 2.24) is 0 Å². The second-order valence-corrected chi connectivity index (χ2v) is 5.19. The van der Waals surface area contributed by atoms with Crippen molar-refractivity contribution in [1.29, 1.82) is 0 Å². The number of allylic oxidation sites excluding steroid dienone is 2. The predicted octanol–water partition coefficient (Wildman–Crippen LogP) is 5.15. The Labute approximate surface area is 112 Å². The van der Waals surface area contributed by atoms with Crippen LogP contribution < -0.4 is 0 Å². The van der Waals surface area contributed by atoms with Gasteiger partial charge in [0.15, 0.2) is 11.6 Å². The van der Waals surface area contributed by atoms with Crippen LogP contribution in [0.3, 0.4) is 0 Å². The summed E-state index contributed by atoms with van der Waals surface area (Å²) in [5.41, 5.74) is 0.894. The molecule has 0 spiro atoms. The maximum atomic E-state index is 13.2. The maximum Gasteiger partial charge on any atom is 0.159 e. The van der Waals surface area contributed by atoms with Gasteiger partial charge in [0.05, 0.1) is 6.67 Å². The Bertz CT molecular complexity index is 432. The van der Waals surface area contributed by atoms with E-state index in [-0.39, 0.29) is 6.67 Å². The summed E-state index contributed by atoms with van der Waals surface area (Å²) < 4.78 is 38.1. The number of hydrogen-bond acceptors (Lipinski definition) is 0. The molecule has 1 fully saturated rings. The van der Waals surface area contributed by atoms with Gasteiger partial charge in [-0.15, -0.1) is 0 Å². The summed E-state index contributed by atoms with van der Waals surface area (Å²) >= 11 is 0. The molecule has 0 amide bonds. The SMILES string of the molecule is FCC/C=C/C1CCC(c2ccc(F)c(F)c2)CC1. The fourth-order valence-electron chi connectivity index (χ4n) is 2.76. The highest BCUT2D eigenvalue weighted by molar-refractivity contribution is 5.22. The number of alkyl halides is 1. The summed E-state index contributed by atoms with van der Waals surface area (Å²) in [4.78, 5) is 0. The van der Waals surface area contributed by atoms with Crippen LogP contribution in [-0.2, 0) is 0 Å². The second kappa shape index (κ2) is 6.78. The monoisotopic (exact) mass is 268 g/mol. The minimum Gasteiger partial charge on any atom is -0.251 e. The molecule has 1 aromatic rings. The molecule has 1 aliphatic carbocycles. The van der Waals surface area contributed by atoms with Crippen LogP contribution in [0.5, 0.6) is 0 Å². The zero-order valence-electron chi connectivity index (χ0n) is 10.9. The molecule has 1 aliphatic rings. The third-order valence-electron chi connectivity index (χ3n) is 3.87. The van der Waals surface area contributed by atoms with Crippen LogP contribution in [0.4, 0.5) is 13.2 Å². The Morgan fingerprint density at radius 2 is 1.79 bits per heavy atom. The van der Waals surface area contributed by atoms with Crippen molar-refractivity contribution in [2.24, 2.45) is 5.92 Å². The van der Waals surface area contributed by atoms with Gasteiger partial charge >= 0.3 is 0 Å². The van der Waals surface area contributed by atoms with Crippen LogP contribution in [0.15, 0.2) is 30.4 Å². The Kier molecular flexibility index (Phi) is 5.06. The van der Waals surface area contributed by atoms with Crippen molar-refractivity contribution in [2.75, 3.05) is 6.67 Å². The molecule has 0 nitrogen and oxygen atoms in total. The van der Waals surface area contributed by atoms with Gasteiger partial charge in [-0.3, -0.25) is 4.39 Å². The van der Waals surface area contributed by atoms with E-state index in [0.717, 1.165) is 31.2 Å². The first kappa shape index (κ1) is 14.2. The maximum absolute atomic E-state index is 13.2. The molecule has 0 atom stereocenters. The molecule has 1 aromatic carbocycles. The zero-order valence-corrected chi connectivity index (χ0v) is 10.9. The largest absolute Gasteiger partial charge is 0.251 e. The van der Waals surface area contributed by atoms with E-state index in [9.17, 15) is 13.2 Å². The summed E-state index contributed by atoms with van der Waals surface area (Å²) in [6.07, 6.45) is 8.52. The van der Waals surface area contributed by atoms with Crippen LogP contribution in [0, 0.1) is 17.6 Å².